The van der Waals surface area contributed by atoms with Crippen LogP contribution in [0.1, 0.15) is 5.56 Å². The van der Waals surface area contributed by atoms with E-state index in [4.69, 9.17) is 16.3 Å². The minimum atomic E-state index is -0.586. The molecule has 2 aromatic carbocycles. The molecule has 0 saturated carbocycles. The van der Waals surface area contributed by atoms with Crippen LogP contribution in [0.5, 0.6) is 11.5 Å². The van der Waals surface area contributed by atoms with Crippen molar-refractivity contribution in [3.63, 3.8) is 0 Å². The van der Waals surface area contributed by atoms with E-state index in [1.54, 1.807) is 30.3 Å². The number of hydrogen-bond acceptors (Lipinski definition) is 4. The van der Waals surface area contributed by atoms with E-state index in [1.807, 2.05) is 6.07 Å². The molecule has 5 nitrogen and oxygen atoms in total. The van der Waals surface area contributed by atoms with Crippen molar-refractivity contribution in [2.45, 2.75) is 0 Å². The molecule has 0 heterocycles. The number of ether oxygens (including phenoxy) is 1. The Labute approximate surface area is 138 Å². The minimum absolute atomic E-state index is 0.0576. The maximum Gasteiger partial charge on any atom is 0.266 e. The third-order valence-electron chi connectivity index (χ3n) is 3.00. The number of aromatic hydroxyl groups is 1. The second-order valence-electron chi connectivity index (χ2n) is 4.56. The van der Waals surface area contributed by atoms with Crippen LogP contribution < -0.4 is 10.1 Å². The first-order valence-electron chi connectivity index (χ1n) is 6.59. The lowest BCUT2D eigenvalue weighted by Gasteiger charge is -2.06. The van der Waals surface area contributed by atoms with E-state index in [0.717, 1.165) is 0 Å². The van der Waals surface area contributed by atoms with Crippen LogP contribution in [0.15, 0.2) is 48.0 Å². The molecule has 2 rings (SSSR count). The molecule has 1 amide bonds. The number of carbonyl (C=O) groups is 1. The number of methoxy groups -OCH3 is 1. The summed E-state index contributed by atoms with van der Waals surface area (Å²) in [6.45, 7) is 0. The Kier molecular flexibility index (Phi) is 5.23. The number of nitrogens with zero attached hydrogens (tertiary/aromatic N) is 1. The highest BCUT2D eigenvalue weighted by atomic mass is 35.5. The smallest absolute Gasteiger partial charge is 0.266 e. The summed E-state index contributed by atoms with van der Waals surface area (Å²) in [4.78, 5) is 12.2. The van der Waals surface area contributed by atoms with Crippen LogP contribution in [0.3, 0.4) is 0 Å². The number of phenolic OH excluding ortho intramolecular Hbond substituents is 1. The highest BCUT2D eigenvalue weighted by Gasteiger charge is 2.11. The molecular formula is C17H13ClN2O3. The van der Waals surface area contributed by atoms with Gasteiger partial charge in [0.2, 0.25) is 0 Å². The van der Waals surface area contributed by atoms with Crippen molar-refractivity contribution in [3.8, 4) is 17.6 Å². The minimum Gasteiger partial charge on any atom is -0.507 e. The molecule has 0 spiro atoms. The van der Waals surface area contributed by atoms with Crippen LogP contribution in [0.4, 0.5) is 5.69 Å². The highest BCUT2D eigenvalue weighted by Crippen LogP contribution is 2.25. The molecule has 0 aliphatic carbocycles. The van der Waals surface area contributed by atoms with E-state index in [2.05, 4.69) is 5.32 Å². The van der Waals surface area contributed by atoms with Gasteiger partial charge in [-0.15, -0.1) is 0 Å². The molecule has 116 valence electrons. The molecule has 0 unspecified atom stereocenters. The lowest BCUT2D eigenvalue weighted by molar-refractivity contribution is -0.112. The number of carbonyl (C=O) groups excluding carboxylic acids is 1. The third-order valence-corrected chi connectivity index (χ3v) is 3.25. The van der Waals surface area contributed by atoms with Gasteiger partial charge >= 0.3 is 0 Å². The van der Waals surface area contributed by atoms with E-state index < -0.39 is 5.91 Å². The zero-order valence-corrected chi connectivity index (χ0v) is 13.0. The molecular weight excluding hydrogens is 316 g/mol. The van der Waals surface area contributed by atoms with Crippen LogP contribution in [-0.4, -0.2) is 18.1 Å². The quantitative estimate of drug-likeness (QED) is 0.663. The molecule has 0 aliphatic heterocycles. The van der Waals surface area contributed by atoms with Crippen molar-refractivity contribution >= 4 is 29.3 Å². The summed E-state index contributed by atoms with van der Waals surface area (Å²) >= 11 is 5.78. The lowest BCUT2D eigenvalue weighted by Crippen LogP contribution is -2.13. The van der Waals surface area contributed by atoms with Gasteiger partial charge in [0.05, 0.1) is 7.11 Å². The summed E-state index contributed by atoms with van der Waals surface area (Å²) in [6, 6.07) is 12.8. The number of amides is 1. The summed E-state index contributed by atoms with van der Waals surface area (Å²) in [7, 11) is 1.48. The number of phenols is 1. The third kappa shape index (κ3) is 4.25. The van der Waals surface area contributed by atoms with Gasteiger partial charge < -0.3 is 15.2 Å². The fraction of sp³-hybridized carbons (Fsp3) is 0.0588. The Balaban J connectivity index is 2.26. The van der Waals surface area contributed by atoms with Gasteiger partial charge in [-0.1, -0.05) is 11.6 Å². The number of rotatable bonds is 4. The Hall–Kier alpha value is -2.97. The van der Waals surface area contributed by atoms with E-state index in [9.17, 15) is 15.2 Å². The summed E-state index contributed by atoms with van der Waals surface area (Å²) < 4.78 is 5.06. The number of anilines is 1. The molecule has 0 radical (unpaired) electrons. The van der Waals surface area contributed by atoms with Gasteiger partial charge in [-0.3, -0.25) is 4.79 Å². The van der Waals surface area contributed by atoms with Crippen LogP contribution in [0.2, 0.25) is 5.02 Å². The zero-order chi connectivity index (χ0) is 16.8. The fourth-order valence-electron chi connectivity index (χ4n) is 1.81. The van der Waals surface area contributed by atoms with Crippen molar-refractivity contribution in [2.24, 2.45) is 0 Å². The van der Waals surface area contributed by atoms with Crippen LogP contribution in [-0.2, 0) is 4.79 Å². The average molecular weight is 329 g/mol. The van der Waals surface area contributed by atoms with Gasteiger partial charge in [0.15, 0.2) is 0 Å². The molecule has 0 aromatic heterocycles. The van der Waals surface area contributed by atoms with E-state index in [1.165, 1.54) is 25.3 Å². The first kappa shape index (κ1) is 16.4. The standard InChI is InChI=1S/C17H13ClN2O3/c1-23-15-6-7-16(21)11(9-15)8-12(10-19)17(22)20-14-4-2-13(18)3-5-14/h2-9,21H,1H3,(H,20,22)/b12-8+. The van der Waals surface area contributed by atoms with Crippen molar-refractivity contribution in [2.75, 3.05) is 12.4 Å². The van der Waals surface area contributed by atoms with E-state index in [0.29, 0.717) is 22.0 Å². The number of halogens is 1. The summed E-state index contributed by atoms with van der Waals surface area (Å²) in [5.41, 5.74) is 0.672. The predicted molar refractivity (Wildman–Crippen MR) is 88.3 cm³/mol. The van der Waals surface area contributed by atoms with Crippen molar-refractivity contribution in [1.82, 2.24) is 0 Å². The van der Waals surface area contributed by atoms with Gasteiger partial charge in [-0.2, -0.15) is 5.26 Å². The Morgan fingerprint density at radius 2 is 2.00 bits per heavy atom. The molecule has 6 heteroatoms. The maximum absolute atomic E-state index is 12.2. The highest BCUT2D eigenvalue weighted by molar-refractivity contribution is 6.30. The zero-order valence-electron chi connectivity index (χ0n) is 12.2. The molecule has 0 bridgehead atoms. The molecule has 2 aromatic rings. The van der Waals surface area contributed by atoms with Crippen LogP contribution in [0.25, 0.3) is 6.08 Å². The first-order valence-corrected chi connectivity index (χ1v) is 6.97. The molecule has 0 aliphatic rings. The first-order chi connectivity index (χ1) is 11.0. The lowest BCUT2D eigenvalue weighted by atomic mass is 10.1. The second kappa shape index (κ2) is 7.34. The van der Waals surface area contributed by atoms with Gasteiger partial charge in [-0.05, 0) is 48.5 Å². The van der Waals surface area contributed by atoms with Crippen molar-refractivity contribution in [3.05, 3.63) is 58.6 Å². The average Bonchev–Trinajstić information content (AvgIpc) is 2.56. The van der Waals surface area contributed by atoms with Crippen LogP contribution in [0, 0.1) is 11.3 Å². The Bertz CT molecular complexity index is 792. The SMILES string of the molecule is COc1ccc(O)c(/C=C(\C#N)C(=O)Nc2ccc(Cl)cc2)c1. The number of benzene rings is 2. The summed E-state index contributed by atoms with van der Waals surface area (Å²) in [6.07, 6.45) is 1.29. The number of nitrogens with one attached hydrogen (secondary N) is 1. The monoisotopic (exact) mass is 328 g/mol. The van der Waals surface area contributed by atoms with E-state index >= 15 is 0 Å². The number of nitriles is 1. The van der Waals surface area contributed by atoms with Gasteiger partial charge in [0.1, 0.15) is 23.1 Å². The summed E-state index contributed by atoms with van der Waals surface area (Å²) in [5.74, 6) is -0.140. The number of hydrogen-bond donors (Lipinski definition) is 2. The molecule has 2 N–H and O–H groups in total. The molecule has 0 fully saturated rings. The van der Waals surface area contributed by atoms with Crippen molar-refractivity contribution < 1.29 is 14.6 Å². The largest absolute Gasteiger partial charge is 0.507 e. The topological polar surface area (TPSA) is 82.3 Å². The normalized spacial score (nSPS) is 10.7. The van der Waals surface area contributed by atoms with E-state index in [-0.39, 0.29) is 11.3 Å². The van der Waals surface area contributed by atoms with Crippen LogP contribution >= 0.6 is 11.6 Å². The molecule has 0 saturated heterocycles. The maximum atomic E-state index is 12.2. The van der Waals surface area contributed by atoms with Gasteiger partial charge in [0.25, 0.3) is 5.91 Å². The fourth-order valence-corrected chi connectivity index (χ4v) is 1.94. The summed E-state index contributed by atoms with van der Waals surface area (Å²) in [5, 5.41) is 22.1. The van der Waals surface area contributed by atoms with Gasteiger partial charge in [-0.25, -0.2) is 0 Å². The predicted octanol–water partition coefficient (Wildman–Crippen LogP) is 3.60. The Morgan fingerprint density at radius 1 is 1.30 bits per heavy atom. The Morgan fingerprint density at radius 3 is 2.61 bits per heavy atom. The van der Waals surface area contributed by atoms with Crippen molar-refractivity contribution in [1.29, 1.82) is 5.26 Å². The second-order valence-corrected chi connectivity index (χ2v) is 4.99. The molecule has 23 heavy (non-hydrogen) atoms. The van der Waals surface area contributed by atoms with Gasteiger partial charge in [0, 0.05) is 16.3 Å². The molecule has 0 atom stereocenters.